The molecule has 1 N–H and O–H groups in total. The standard InChI is InChI=1S/C19H19N/c1-20-12-11-16-15-9-5-6-10-17(15)19(18(16)13-20)14-7-3-2-4-8-14/h2-10,19H,11-13H2,1H3/p+1. The molecular formula is C19H20N+. The molecule has 4 rings (SSSR count). The van der Waals surface area contributed by atoms with Crippen LogP contribution in [0.2, 0.25) is 0 Å². The number of likely N-dealkylation sites (N-methyl/N-ethyl adjacent to an activating group) is 1. The molecule has 1 aliphatic carbocycles. The highest BCUT2D eigenvalue weighted by Crippen LogP contribution is 2.46. The van der Waals surface area contributed by atoms with Gasteiger partial charge in [-0.3, -0.25) is 0 Å². The number of rotatable bonds is 1. The van der Waals surface area contributed by atoms with Gasteiger partial charge in [-0.2, -0.15) is 0 Å². The van der Waals surface area contributed by atoms with E-state index < -0.39 is 0 Å². The third-order valence-corrected chi connectivity index (χ3v) is 4.76. The fraction of sp³-hybridized carbons (Fsp3) is 0.263. The van der Waals surface area contributed by atoms with Gasteiger partial charge < -0.3 is 4.90 Å². The van der Waals surface area contributed by atoms with Gasteiger partial charge >= 0.3 is 0 Å². The van der Waals surface area contributed by atoms with Crippen LogP contribution in [0.5, 0.6) is 0 Å². The topological polar surface area (TPSA) is 4.44 Å². The van der Waals surface area contributed by atoms with Gasteiger partial charge in [0.25, 0.3) is 0 Å². The lowest BCUT2D eigenvalue weighted by molar-refractivity contribution is -0.875. The molecule has 1 heterocycles. The minimum Gasteiger partial charge on any atom is -0.334 e. The summed E-state index contributed by atoms with van der Waals surface area (Å²) in [7, 11) is 2.31. The number of fused-ring (bicyclic) bond motifs is 2. The lowest BCUT2D eigenvalue weighted by atomic mass is 9.87. The Morgan fingerprint density at radius 2 is 1.70 bits per heavy atom. The predicted molar refractivity (Wildman–Crippen MR) is 82.9 cm³/mol. The molecule has 2 unspecified atom stereocenters. The molecular weight excluding hydrogens is 242 g/mol. The normalized spacial score (nSPS) is 24.4. The smallest absolute Gasteiger partial charge is 0.100 e. The van der Waals surface area contributed by atoms with Crippen LogP contribution in [0.4, 0.5) is 0 Å². The van der Waals surface area contributed by atoms with Gasteiger partial charge in [0.15, 0.2) is 0 Å². The van der Waals surface area contributed by atoms with Gasteiger partial charge in [0.1, 0.15) is 6.54 Å². The van der Waals surface area contributed by atoms with Crippen molar-refractivity contribution in [2.75, 3.05) is 20.1 Å². The highest BCUT2D eigenvalue weighted by atomic mass is 15.1. The summed E-state index contributed by atoms with van der Waals surface area (Å²) in [5.74, 6) is 0.484. The second-order valence-corrected chi connectivity index (χ2v) is 6.07. The molecule has 2 atom stereocenters. The predicted octanol–water partition coefficient (Wildman–Crippen LogP) is 2.50. The van der Waals surface area contributed by atoms with E-state index in [1.54, 1.807) is 16.0 Å². The van der Waals surface area contributed by atoms with Gasteiger partial charge in [-0.15, -0.1) is 0 Å². The molecule has 0 spiro atoms. The van der Waals surface area contributed by atoms with Crippen LogP contribution in [0.15, 0.2) is 60.2 Å². The summed E-state index contributed by atoms with van der Waals surface area (Å²) in [6, 6.07) is 20.0. The number of hydrogen-bond donors (Lipinski definition) is 1. The second-order valence-electron chi connectivity index (χ2n) is 6.07. The average Bonchev–Trinajstić information content (AvgIpc) is 2.81. The summed E-state index contributed by atoms with van der Waals surface area (Å²) >= 11 is 0. The molecule has 0 bridgehead atoms. The molecule has 20 heavy (non-hydrogen) atoms. The number of benzene rings is 2. The van der Waals surface area contributed by atoms with Gasteiger partial charge in [0.2, 0.25) is 0 Å². The van der Waals surface area contributed by atoms with Crippen LogP contribution in [0, 0.1) is 0 Å². The zero-order chi connectivity index (χ0) is 13.5. The highest BCUT2D eigenvalue weighted by molar-refractivity contribution is 5.80. The van der Waals surface area contributed by atoms with E-state index in [1.165, 1.54) is 36.2 Å². The minimum atomic E-state index is 0.484. The number of hydrogen-bond acceptors (Lipinski definition) is 0. The molecule has 0 fully saturated rings. The van der Waals surface area contributed by atoms with Crippen LogP contribution in [0.25, 0.3) is 5.57 Å². The molecule has 0 saturated heterocycles. The molecule has 0 aromatic heterocycles. The van der Waals surface area contributed by atoms with Crippen LogP contribution < -0.4 is 4.90 Å². The third kappa shape index (κ3) is 1.74. The Balaban J connectivity index is 1.90. The van der Waals surface area contributed by atoms with Crippen molar-refractivity contribution in [2.45, 2.75) is 12.3 Å². The molecule has 1 nitrogen and oxygen atoms in total. The van der Waals surface area contributed by atoms with E-state index in [4.69, 9.17) is 0 Å². The molecule has 2 aromatic rings. The Morgan fingerprint density at radius 3 is 2.55 bits per heavy atom. The van der Waals surface area contributed by atoms with Crippen molar-refractivity contribution in [1.29, 1.82) is 0 Å². The summed E-state index contributed by atoms with van der Waals surface area (Å²) < 4.78 is 0. The van der Waals surface area contributed by atoms with E-state index in [0.29, 0.717) is 5.92 Å². The fourth-order valence-electron chi connectivity index (χ4n) is 3.84. The van der Waals surface area contributed by atoms with Crippen LogP contribution in [0.1, 0.15) is 29.0 Å². The quantitative estimate of drug-likeness (QED) is 0.805. The van der Waals surface area contributed by atoms with E-state index in [0.717, 1.165) is 0 Å². The van der Waals surface area contributed by atoms with Crippen LogP contribution in [-0.2, 0) is 0 Å². The first-order chi connectivity index (χ1) is 9.84. The van der Waals surface area contributed by atoms with Crippen LogP contribution >= 0.6 is 0 Å². The van der Waals surface area contributed by atoms with Gasteiger partial charge in [-0.05, 0) is 27.8 Å². The van der Waals surface area contributed by atoms with Crippen LogP contribution in [0.3, 0.4) is 0 Å². The molecule has 0 amide bonds. The van der Waals surface area contributed by atoms with E-state index in [9.17, 15) is 0 Å². The molecule has 1 heteroatoms. The Bertz CT molecular complexity index is 669. The maximum Gasteiger partial charge on any atom is 0.100 e. The summed E-state index contributed by atoms with van der Waals surface area (Å²) in [4.78, 5) is 1.64. The zero-order valence-corrected chi connectivity index (χ0v) is 11.9. The van der Waals surface area contributed by atoms with Crippen molar-refractivity contribution in [1.82, 2.24) is 0 Å². The summed E-state index contributed by atoms with van der Waals surface area (Å²) in [5, 5.41) is 0. The Morgan fingerprint density at radius 1 is 0.950 bits per heavy atom. The Hall–Kier alpha value is -1.86. The maximum atomic E-state index is 2.32. The summed E-state index contributed by atoms with van der Waals surface area (Å²) in [5.41, 5.74) is 7.74. The van der Waals surface area contributed by atoms with E-state index in [-0.39, 0.29) is 0 Å². The first kappa shape index (κ1) is 11.9. The van der Waals surface area contributed by atoms with Gasteiger partial charge in [-0.1, -0.05) is 54.6 Å². The van der Waals surface area contributed by atoms with Gasteiger partial charge in [0.05, 0.1) is 13.6 Å². The second kappa shape index (κ2) is 4.60. The zero-order valence-electron chi connectivity index (χ0n) is 11.9. The lowest BCUT2D eigenvalue weighted by Crippen LogP contribution is -3.09. The monoisotopic (exact) mass is 262 g/mol. The third-order valence-electron chi connectivity index (χ3n) is 4.76. The van der Waals surface area contributed by atoms with Crippen molar-refractivity contribution < 1.29 is 4.90 Å². The first-order valence-electron chi connectivity index (χ1n) is 7.52. The fourth-order valence-corrected chi connectivity index (χ4v) is 3.84. The van der Waals surface area contributed by atoms with Crippen molar-refractivity contribution in [3.05, 3.63) is 76.9 Å². The highest BCUT2D eigenvalue weighted by Gasteiger charge is 2.35. The first-order valence-corrected chi connectivity index (χ1v) is 7.52. The molecule has 0 saturated carbocycles. The molecule has 100 valence electrons. The van der Waals surface area contributed by atoms with E-state index in [1.807, 2.05) is 0 Å². The molecule has 0 radical (unpaired) electrons. The molecule has 2 aliphatic rings. The number of nitrogens with one attached hydrogen (secondary N) is 1. The van der Waals surface area contributed by atoms with Crippen molar-refractivity contribution in [2.24, 2.45) is 0 Å². The van der Waals surface area contributed by atoms with E-state index in [2.05, 4.69) is 61.6 Å². The van der Waals surface area contributed by atoms with Crippen LogP contribution in [-0.4, -0.2) is 20.1 Å². The summed E-state index contributed by atoms with van der Waals surface area (Å²) in [6.45, 7) is 2.44. The average molecular weight is 262 g/mol. The molecule has 1 aliphatic heterocycles. The van der Waals surface area contributed by atoms with Gasteiger partial charge in [-0.25, -0.2) is 0 Å². The van der Waals surface area contributed by atoms with Gasteiger partial charge in [0, 0.05) is 12.3 Å². The Labute approximate surface area is 120 Å². The van der Waals surface area contributed by atoms with Crippen molar-refractivity contribution in [3.63, 3.8) is 0 Å². The van der Waals surface area contributed by atoms with Crippen molar-refractivity contribution >= 4 is 5.57 Å². The maximum absolute atomic E-state index is 2.32. The number of quaternary nitrogens is 1. The lowest BCUT2D eigenvalue weighted by Gasteiger charge is -2.25. The Kier molecular flexibility index (Phi) is 2.75. The largest absolute Gasteiger partial charge is 0.334 e. The van der Waals surface area contributed by atoms with Crippen molar-refractivity contribution in [3.8, 4) is 0 Å². The minimum absolute atomic E-state index is 0.484. The van der Waals surface area contributed by atoms with E-state index >= 15 is 0 Å². The summed E-state index contributed by atoms with van der Waals surface area (Å²) in [6.07, 6.45) is 1.22. The SMILES string of the molecule is C[NH+]1CCC2=C(C1)C(c1ccccc1)c1ccccc12. The molecule has 2 aromatic carbocycles.